The van der Waals surface area contributed by atoms with Gasteiger partial charge in [-0.25, -0.2) is 13.6 Å². The van der Waals surface area contributed by atoms with Gasteiger partial charge in [0.2, 0.25) is 10.0 Å². The largest absolute Gasteiger partial charge is 0.490 e. The predicted molar refractivity (Wildman–Crippen MR) is 98.4 cm³/mol. The molecule has 0 saturated heterocycles. The molecule has 0 saturated carbocycles. The van der Waals surface area contributed by atoms with Gasteiger partial charge in [-0.05, 0) is 36.2 Å². The van der Waals surface area contributed by atoms with Gasteiger partial charge in [0, 0.05) is 0 Å². The van der Waals surface area contributed by atoms with Gasteiger partial charge in [0.1, 0.15) is 19.0 Å². The summed E-state index contributed by atoms with van der Waals surface area (Å²) in [6, 6.07) is 15.3. The molecule has 6 nitrogen and oxygen atoms in total. The van der Waals surface area contributed by atoms with Crippen molar-refractivity contribution in [2.24, 2.45) is 5.14 Å². The molecule has 2 N–H and O–H groups in total. The molecular weight excluding hydrogens is 354 g/mol. The van der Waals surface area contributed by atoms with E-state index in [-0.39, 0.29) is 30.0 Å². The number of hydrogen-bond acceptors (Lipinski definition) is 5. The highest BCUT2D eigenvalue weighted by atomic mass is 32.2. The normalized spacial score (nSPS) is 12.4. The van der Waals surface area contributed by atoms with Crippen molar-refractivity contribution in [3.05, 3.63) is 60.2 Å². The molecular formula is C19H23NO5S. The number of benzene rings is 2. The summed E-state index contributed by atoms with van der Waals surface area (Å²) in [5, 5.41) is 5.04. The Balaban J connectivity index is 1.83. The fourth-order valence-corrected chi connectivity index (χ4v) is 3.04. The van der Waals surface area contributed by atoms with Crippen molar-refractivity contribution in [1.82, 2.24) is 0 Å². The summed E-state index contributed by atoms with van der Waals surface area (Å²) in [4.78, 5) is 12.4. The first-order chi connectivity index (χ1) is 12.4. The van der Waals surface area contributed by atoms with Gasteiger partial charge in [-0.3, -0.25) is 4.79 Å². The Hall–Kier alpha value is -2.38. The summed E-state index contributed by atoms with van der Waals surface area (Å²) < 4.78 is 33.2. The van der Waals surface area contributed by atoms with Crippen molar-refractivity contribution in [3.63, 3.8) is 0 Å². The van der Waals surface area contributed by atoms with E-state index in [1.165, 1.54) is 24.3 Å². The SMILES string of the molecule is CCCC(C(=O)OCCOc1ccc(S(N)(=O)=O)cc1)c1ccccc1. The maximum Gasteiger partial charge on any atom is 0.313 e. The molecule has 0 heterocycles. The average molecular weight is 377 g/mol. The zero-order chi connectivity index (χ0) is 19.0. The summed E-state index contributed by atoms with van der Waals surface area (Å²) in [7, 11) is -3.72. The molecule has 0 aromatic heterocycles. The van der Waals surface area contributed by atoms with Gasteiger partial charge in [0.05, 0.1) is 10.8 Å². The van der Waals surface area contributed by atoms with Crippen LogP contribution in [-0.4, -0.2) is 27.6 Å². The van der Waals surface area contributed by atoms with Gasteiger partial charge < -0.3 is 9.47 Å². The lowest BCUT2D eigenvalue weighted by Gasteiger charge is -2.16. The number of primary sulfonamides is 1. The first-order valence-electron chi connectivity index (χ1n) is 8.39. The smallest absolute Gasteiger partial charge is 0.313 e. The Labute approximate surface area is 154 Å². The van der Waals surface area contributed by atoms with Crippen LogP contribution in [0.25, 0.3) is 0 Å². The maximum absolute atomic E-state index is 12.3. The number of sulfonamides is 1. The van der Waals surface area contributed by atoms with Crippen LogP contribution in [0.2, 0.25) is 0 Å². The monoisotopic (exact) mass is 377 g/mol. The van der Waals surface area contributed by atoms with Crippen molar-refractivity contribution in [3.8, 4) is 5.75 Å². The van der Waals surface area contributed by atoms with E-state index in [1.807, 2.05) is 37.3 Å². The fraction of sp³-hybridized carbons (Fsp3) is 0.316. The van der Waals surface area contributed by atoms with Crippen LogP contribution in [0.1, 0.15) is 31.2 Å². The van der Waals surface area contributed by atoms with Crippen molar-refractivity contribution < 1.29 is 22.7 Å². The van der Waals surface area contributed by atoms with E-state index >= 15 is 0 Å². The van der Waals surface area contributed by atoms with E-state index in [4.69, 9.17) is 14.6 Å². The van der Waals surface area contributed by atoms with E-state index in [9.17, 15) is 13.2 Å². The van der Waals surface area contributed by atoms with Gasteiger partial charge in [-0.15, -0.1) is 0 Å². The zero-order valence-electron chi connectivity index (χ0n) is 14.6. The lowest BCUT2D eigenvalue weighted by atomic mass is 9.95. The third-order valence-corrected chi connectivity index (χ3v) is 4.74. The quantitative estimate of drug-likeness (QED) is 0.535. The highest BCUT2D eigenvalue weighted by Crippen LogP contribution is 2.22. The summed E-state index contributed by atoms with van der Waals surface area (Å²) in [6.45, 7) is 2.31. The lowest BCUT2D eigenvalue weighted by molar-refractivity contribution is -0.146. The summed E-state index contributed by atoms with van der Waals surface area (Å²) in [6.07, 6.45) is 1.60. The predicted octanol–water partition coefficient (Wildman–Crippen LogP) is 2.84. The molecule has 2 aromatic carbocycles. The highest BCUT2D eigenvalue weighted by molar-refractivity contribution is 7.89. The number of rotatable bonds is 9. The molecule has 26 heavy (non-hydrogen) atoms. The second kappa shape index (κ2) is 9.35. The van der Waals surface area contributed by atoms with Gasteiger partial charge in [-0.1, -0.05) is 43.7 Å². The molecule has 0 amide bonds. The Bertz CT molecular complexity index is 804. The second-order valence-electron chi connectivity index (χ2n) is 5.78. The second-order valence-corrected chi connectivity index (χ2v) is 7.35. The third-order valence-electron chi connectivity index (χ3n) is 3.81. The minimum Gasteiger partial charge on any atom is -0.490 e. The van der Waals surface area contributed by atoms with E-state index < -0.39 is 10.0 Å². The van der Waals surface area contributed by atoms with Crippen molar-refractivity contribution in [1.29, 1.82) is 0 Å². The number of carbonyl (C=O) groups excluding carboxylic acids is 1. The molecule has 0 fully saturated rings. The number of hydrogen-bond donors (Lipinski definition) is 1. The fourth-order valence-electron chi connectivity index (χ4n) is 2.52. The summed E-state index contributed by atoms with van der Waals surface area (Å²) >= 11 is 0. The topological polar surface area (TPSA) is 95.7 Å². The molecule has 140 valence electrons. The number of carbonyl (C=O) groups is 1. The molecule has 0 bridgehead atoms. The van der Waals surface area contributed by atoms with Crippen LogP contribution in [-0.2, 0) is 19.6 Å². The third kappa shape index (κ3) is 5.86. The molecule has 0 radical (unpaired) electrons. The maximum atomic E-state index is 12.3. The lowest BCUT2D eigenvalue weighted by Crippen LogP contribution is -2.19. The van der Waals surface area contributed by atoms with Crippen LogP contribution in [0.3, 0.4) is 0 Å². The van der Waals surface area contributed by atoms with Gasteiger partial charge >= 0.3 is 5.97 Å². The molecule has 1 atom stereocenters. The first kappa shape index (κ1) is 19.9. The van der Waals surface area contributed by atoms with Crippen LogP contribution >= 0.6 is 0 Å². The Morgan fingerprint density at radius 2 is 1.69 bits per heavy atom. The van der Waals surface area contributed by atoms with Crippen LogP contribution in [0.5, 0.6) is 5.75 Å². The minimum absolute atomic E-state index is 0.0153. The van der Waals surface area contributed by atoms with Crippen molar-refractivity contribution >= 4 is 16.0 Å². The molecule has 7 heteroatoms. The average Bonchev–Trinajstić information content (AvgIpc) is 2.63. The van der Waals surface area contributed by atoms with Crippen molar-refractivity contribution in [2.45, 2.75) is 30.6 Å². The molecule has 0 aliphatic carbocycles. The Morgan fingerprint density at radius 3 is 2.27 bits per heavy atom. The molecule has 2 aromatic rings. The Morgan fingerprint density at radius 1 is 1.04 bits per heavy atom. The van der Waals surface area contributed by atoms with Crippen molar-refractivity contribution in [2.75, 3.05) is 13.2 Å². The minimum atomic E-state index is -3.72. The van der Waals surface area contributed by atoms with Gasteiger partial charge in [0.25, 0.3) is 0 Å². The van der Waals surface area contributed by atoms with E-state index in [0.29, 0.717) is 5.75 Å². The van der Waals surface area contributed by atoms with Crippen LogP contribution < -0.4 is 9.88 Å². The number of nitrogens with two attached hydrogens (primary N) is 1. The number of esters is 1. The van der Waals surface area contributed by atoms with Gasteiger partial charge in [-0.2, -0.15) is 0 Å². The van der Waals surface area contributed by atoms with E-state index in [2.05, 4.69) is 0 Å². The van der Waals surface area contributed by atoms with Crippen LogP contribution in [0.15, 0.2) is 59.5 Å². The molecule has 0 spiro atoms. The van der Waals surface area contributed by atoms with Gasteiger partial charge in [0.15, 0.2) is 0 Å². The standard InChI is InChI=1S/C19H23NO5S/c1-2-6-18(15-7-4-3-5-8-15)19(21)25-14-13-24-16-9-11-17(12-10-16)26(20,22)23/h3-5,7-12,18H,2,6,13-14H2,1H3,(H2,20,22,23). The number of ether oxygens (including phenoxy) is 2. The summed E-state index contributed by atoms with van der Waals surface area (Å²) in [5.74, 6) is -0.0805. The summed E-state index contributed by atoms with van der Waals surface area (Å²) in [5.41, 5.74) is 0.943. The van der Waals surface area contributed by atoms with Crippen LogP contribution in [0, 0.1) is 0 Å². The van der Waals surface area contributed by atoms with E-state index in [0.717, 1.165) is 18.4 Å². The molecule has 2 rings (SSSR count). The highest BCUT2D eigenvalue weighted by Gasteiger charge is 2.21. The zero-order valence-corrected chi connectivity index (χ0v) is 15.4. The molecule has 0 aliphatic heterocycles. The Kier molecular flexibility index (Phi) is 7.17. The molecule has 1 unspecified atom stereocenters. The molecule has 0 aliphatic rings. The van der Waals surface area contributed by atoms with E-state index in [1.54, 1.807) is 0 Å². The first-order valence-corrected chi connectivity index (χ1v) is 9.93. The van der Waals surface area contributed by atoms with Crippen LogP contribution in [0.4, 0.5) is 0 Å².